The summed E-state index contributed by atoms with van der Waals surface area (Å²) in [6, 6.07) is 4.16. The van der Waals surface area contributed by atoms with Crippen LogP contribution in [0.5, 0.6) is 0 Å². The van der Waals surface area contributed by atoms with Gasteiger partial charge >= 0.3 is 5.69 Å². The smallest absolute Gasteiger partial charge is 0.330 e. The molecule has 1 saturated heterocycles. The zero-order chi connectivity index (χ0) is 17.3. The molecule has 0 aromatic carbocycles. The number of aromatic nitrogens is 2. The number of hydrogen-bond donors (Lipinski definition) is 0. The van der Waals surface area contributed by atoms with Gasteiger partial charge in [-0.05, 0) is 30.4 Å². The highest BCUT2D eigenvalue weighted by Crippen LogP contribution is 2.34. The molecule has 0 spiro atoms. The summed E-state index contributed by atoms with van der Waals surface area (Å²) in [4.78, 5) is 39.4. The molecule has 0 bridgehead atoms. The second-order valence-electron chi connectivity index (χ2n) is 5.88. The van der Waals surface area contributed by atoms with Crippen molar-refractivity contribution in [1.82, 2.24) is 14.0 Å². The van der Waals surface area contributed by atoms with E-state index in [4.69, 9.17) is 0 Å². The quantitative estimate of drug-likeness (QED) is 0.793. The van der Waals surface area contributed by atoms with Crippen LogP contribution in [0, 0.1) is 0 Å². The Hall–Kier alpha value is -2.41. The van der Waals surface area contributed by atoms with Crippen molar-refractivity contribution in [3.8, 4) is 0 Å². The molecule has 0 N–H and O–H groups in total. The third-order valence-corrected chi connectivity index (χ3v) is 5.26. The lowest BCUT2D eigenvalue weighted by molar-refractivity contribution is -0.126. The van der Waals surface area contributed by atoms with E-state index in [1.807, 2.05) is 22.4 Å². The lowest BCUT2D eigenvalue weighted by Crippen LogP contribution is -2.37. The van der Waals surface area contributed by atoms with Gasteiger partial charge in [-0.15, -0.1) is 11.3 Å². The van der Waals surface area contributed by atoms with Gasteiger partial charge in [-0.2, -0.15) is 0 Å². The summed E-state index contributed by atoms with van der Waals surface area (Å²) in [6.07, 6.45) is 6.31. The van der Waals surface area contributed by atoms with Crippen molar-refractivity contribution in [2.75, 3.05) is 6.54 Å². The van der Waals surface area contributed by atoms with Gasteiger partial charge in [-0.1, -0.05) is 6.07 Å². The molecule has 1 amide bonds. The average molecular weight is 345 g/mol. The van der Waals surface area contributed by atoms with E-state index in [9.17, 15) is 14.4 Å². The van der Waals surface area contributed by atoms with Crippen LogP contribution in [0.3, 0.4) is 0 Å². The van der Waals surface area contributed by atoms with E-state index in [2.05, 4.69) is 0 Å². The van der Waals surface area contributed by atoms with E-state index < -0.39 is 5.56 Å². The van der Waals surface area contributed by atoms with Gasteiger partial charge in [0.25, 0.3) is 5.56 Å². The zero-order valence-electron chi connectivity index (χ0n) is 13.6. The van der Waals surface area contributed by atoms with Gasteiger partial charge in [0.2, 0.25) is 5.91 Å². The Morgan fingerprint density at radius 3 is 2.83 bits per heavy atom. The van der Waals surface area contributed by atoms with E-state index >= 15 is 0 Å². The first-order chi connectivity index (χ1) is 11.5. The number of carbonyl (C=O) groups is 1. The topological polar surface area (TPSA) is 64.3 Å². The van der Waals surface area contributed by atoms with Crippen molar-refractivity contribution >= 4 is 23.3 Å². The van der Waals surface area contributed by atoms with Crippen molar-refractivity contribution in [2.24, 2.45) is 14.1 Å². The van der Waals surface area contributed by atoms with E-state index in [1.165, 1.54) is 34.8 Å². The largest absolute Gasteiger partial charge is 0.331 e. The number of rotatable bonds is 3. The standard InChI is InChI=1S/C17H19N3O3S/c1-18-11-12(16(22)19(2)17(18)23)7-8-15(21)20-9-3-5-13(20)14-6-4-10-24-14/h4,6-8,10-11,13H,3,5,9H2,1-2H3/b8-7+/t13-/m1/s1. The molecule has 1 aliphatic rings. The van der Waals surface area contributed by atoms with Gasteiger partial charge in [-0.3, -0.25) is 14.2 Å². The van der Waals surface area contributed by atoms with Crippen molar-refractivity contribution in [1.29, 1.82) is 0 Å². The Balaban J connectivity index is 1.84. The minimum Gasteiger partial charge on any atom is -0.331 e. The number of aryl methyl sites for hydroxylation is 1. The minimum absolute atomic E-state index is 0.109. The molecule has 3 rings (SSSR count). The lowest BCUT2D eigenvalue weighted by atomic mass is 10.2. The molecule has 126 valence electrons. The first kappa shape index (κ1) is 16.4. The first-order valence-electron chi connectivity index (χ1n) is 7.78. The fourth-order valence-electron chi connectivity index (χ4n) is 3.01. The Morgan fingerprint density at radius 2 is 2.12 bits per heavy atom. The Labute approximate surface area is 143 Å². The first-order valence-corrected chi connectivity index (χ1v) is 8.65. The summed E-state index contributed by atoms with van der Waals surface area (Å²) in [5.74, 6) is -0.109. The second-order valence-corrected chi connectivity index (χ2v) is 6.86. The van der Waals surface area contributed by atoms with E-state index in [0.717, 1.165) is 24.0 Å². The molecule has 2 aromatic heterocycles. The van der Waals surface area contributed by atoms with Gasteiger partial charge in [0, 0.05) is 37.8 Å². The highest BCUT2D eigenvalue weighted by molar-refractivity contribution is 7.10. The lowest BCUT2D eigenvalue weighted by Gasteiger charge is -2.22. The van der Waals surface area contributed by atoms with Gasteiger partial charge in [0.1, 0.15) is 0 Å². The van der Waals surface area contributed by atoms with Crippen LogP contribution in [-0.2, 0) is 18.9 Å². The van der Waals surface area contributed by atoms with Crippen LogP contribution in [0.15, 0.2) is 39.4 Å². The average Bonchev–Trinajstić information content (AvgIpc) is 3.25. The van der Waals surface area contributed by atoms with E-state index in [1.54, 1.807) is 18.4 Å². The summed E-state index contributed by atoms with van der Waals surface area (Å²) < 4.78 is 2.37. The molecule has 0 radical (unpaired) electrons. The highest BCUT2D eigenvalue weighted by atomic mass is 32.1. The molecule has 1 aliphatic heterocycles. The molecular weight excluding hydrogens is 326 g/mol. The van der Waals surface area contributed by atoms with Crippen LogP contribution < -0.4 is 11.2 Å². The molecule has 1 atom stereocenters. The van der Waals surface area contributed by atoms with Crippen LogP contribution in [0.4, 0.5) is 0 Å². The molecular formula is C17H19N3O3S. The van der Waals surface area contributed by atoms with Gasteiger partial charge in [0.05, 0.1) is 11.6 Å². The minimum atomic E-state index is -0.404. The normalized spacial score (nSPS) is 17.8. The van der Waals surface area contributed by atoms with Gasteiger partial charge < -0.3 is 9.47 Å². The molecule has 1 fully saturated rings. The van der Waals surface area contributed by atoms with Gasteiger partial charge in [0.15, 0.2) is 0 Å². The second kappa shape index (κ2) is 6.60. The third-order valence-electron chi connectivity index (χ3n) is 4.29. The van der Waals surface area contributed by atoms with Crippen LogP contribution in [0.25, 0.3) is 6.08 Å². The Bertz CT molecular complexity index is 893. The van der Waals surface area contributed by atoms with Crippen molar-refractivity contribution in [3.63, 3.8) is 0 Å². The summed E-state index contributed by atoms with van der Waals surface area (Å²) in [6.45, 7) is 0.719. The number of nitrogens with zero attached hydrogens (tertiary/aromatic N) is 3. The summed E-state index contributed by atoms with van der Waals surface area (Å²) in [5, 5.41) is 2.01. The van der Waals surface area contributed by atoms with Crippen LogP contribution in [0.1, 0.15) is 29.3 Å². The Kier molecular flexibility index (Phi) is 4.53. The molecule has 0 unspecified atom stereocenters. The van der Waals surface area contributed by atoms with Crippen molar-refractivity contribution < 1.29 is 4.79 Å². The fourth-order valence-corrected chi connectivity index (χ4v) is 3.89. The third kappa shape index (κ3) is 2.99. The van der Waals surface area contributed by atoms with E-state index in [-0.39, 0.29) is 17.6 Å². The molecule has 2 aromatic rings. The predicted octanol–water partition coefficient (Wildman–Crippen LogP) is 1.52. The molecule has 0 saturated carbocycles. The number of hydrogen-bond acceptors (Lipinski definition) is 4. The fraction of sp³-hybridized carbons (Fsp3) is 0.353. The number of likely N-dealkylation sites (tertiary alicyclic amines) is 1. The molecule has 3 heterocycles. The van der Waals surface area contributed by atoms with Crippen molar-refractivity contribution in [2.45, 2.75) is 18.9 Å². The van der Waals surface area contributed by atoms with Crippen LogP contribution in [-0.4, -0.2) is 26.5 Å². The number of thiophene rings is 1. The number of amides is 1. The summed E-state index contributed by atoms with van der Waals surface area (Å²) in [7, 11) is 3.01. The highest BCUT2D eigenvalue weighted by Gasteiger charge is 2.29. The van der Waals surface area contributed by atoms with E-state index in [0.29, 0.717) is 5.56 Å². The predicted molar refractivity (Wildman–Crippen MR) is 94.0 cm³/mol. The summed E-state index contributed by atoms with van der Waals surface area (Å²) >= 11 is 1.65. The SMILES string of the molecule is Cn1cc(/C=C/C(=O)N2CCC[C@@H]2c2cccs2)c(=O)n(C)c1=O. The van der Waals surface area contributed by atoms with Crippen LogP contribution >= 0.6 is 11.3 Å². The zero-order valence-corrected chi connectivity index (χ0v) is 14.5. The molecule has 0 aliphatic carbocycles. The maximum atomic E-state index is 12.5. The molecule has 24 heavy (non-hydrogen) atoms. The van der Waals surface area contributed by atoms with Gasteiger partial charge in [-0.25, -0.2) is 4.79 Å². The maximum absolute atomic E-state index is 12.5. The van der Waals surface area contributed by atoms with Crippen molar-refractivity contribution in [3.05, 3.63) is 61.1 Å². The summed E-state index contributed by atoms with van der Waals surface area (Å²) in [5.41, 5.74) is -0.473. The van der Waals surface area contributed by atoms with Crippen LogP contribution in [0.2, 0.25) is 0 Å². The maximum Gasteiger partial charge on any atom is 0.330 e. The molecule has 7 heteroatoms. The Morgan fingerprint density at radius 1 is 1.33 bits per heavy atom. The molecule has 6 nitrogen and oxygen atoms in total. The number of carbonyl (C=O) groups excluding carboxylic acids is 1. The monoisotopic (exact) mass is 345 g/mol.